The first kappa shape index (κ1) is 23.9. The van der Waals surface area contributed by atoms with Crippen LogP contribution in [0.3, 0.4) is 0 Å². The van der Waals surface area contributed by atoms with Gasteiger partial charge in [-0.3, -0.25) is 9.59 Å². The summed E-state index contributed by atoms with van der Waals surface area (Å²) in [4.78, 5) is 41.9. The zero-order valence-electron chi connectivity index (χ0n) is 19.9. The number of carbonyl (C=O) groups excluding carboxylic acids is 2. The molecule has 2 heterocycles. The van der Waals surface area contributed by atoms with Crippen molar-refractivity contribution in [2.75, 3.05) is 11.9 Å². The van der Waals surface area contributed by atoms with E-state index in [1.807, 2.05) is 36.4 Å². The van der Waals surface area contributed by atoms with Crippen molar-refractivity contribution in [2.24, 2.45) is 0 Å². The Morgan fingerprint density at radius 2 is 1.65 bits per heavy atom. The lowest BCUT2D eigenvalue weighted by molar-refractivity contribution is -0.116. The van der Waals surface area contributed by atoms with Gasteiger partial charge >= 0.3 is 5.97 Å². The maximum absolute atomic E-state index is 12.8. The Labute approximate surface area is 213 Å². The minimum Gasteiger partial charge on any atom is -0.493 e. The molecule has 0 saturated heterocycles. The SMILES string of the molecule is O=C(CCC(=O)c1ccc2c(c1)CCO2)Nc1cc(-c2ccccc2C(=O)O)cc(-c2ccccc2)n1. The van der Waals surface area contributed by atoms with Gasteiger partial charge in [-0.15, -0.1) is 0 Å². The largest absolute Gasteiger partial charge is 0.493 e. The van der Waals surface area contributed by atoms with Crippen molar-refractivity contribution in [3.05, 3.63) is 102 Å². The fraction of sp³-hybridized carbons (Fsp3) is 0.133. The van der Waals surface area contributed by atoms with E-state index in [0.717, 1.165) is 23.3 Å². The summed E-state index contributed by atoms with van der Waals surface area (Å²) in [6.07, 6.45) is 0.816. The zero-order chi connectivity index (χ0) is 25.8. The number of ether oxygens (including phenoxy) is 1. The summed E-state index contributed by atoms with van der Waals surface area (Å²) >= 11 is 0. The molecule has 7 nitrogen and oxygen atoms in total. The number of pyridine rings is 1. The number of aromatic nitrogens is 1. The zero-order valence-corrected chi connectivity index (χ0v) is 19.9. The van der Waals surface area contributed by atoms with Crippen LogP contribution in [0.1, 0.15) is 39.1 Å². The lowest BCUT2D eigenvalue weighted by Crippen LogP contribution is -2.15. The van der Waals surface area contributed by atoms with Crippen molar-refractivity contribution in [2.45, 2.75) is 19.3 Å². The standard InChI is InChI=1S/C30H24N2O5/c33-26(20-10-12-27-21(16-20)14-15-37-27)11-13-29(34)32-28-18-22(23-8-4-5-9-24(23)30(35)36)17-25(31-28)19-6-2-1-3-7-19/h1-10,12,16-18H,11,13-15H2,(H,35,36)(H,31,32,34). The maximum atomic E-state index is 12.8. The fourth-order valence-electron chi connectivity index (χ4n) is 4.37. The van der Waals surface area contributed by atoms with Gasteiger partial charge in [0.25, 0.3) is 0 Å². The van der Waals surface area contributed by atoms with E-state index in [9.17, 15) is 19.5 Å². The molecule has 3 aromatic carbocycles. The summed E-state index contributed by atoms with van der Waals surface area (Å²) in [7, 11) is 0. The Hall–Kier alpha value is -4.78. The number of nitrogens with zero attached hydrogens (tertiary/aromatic N) is 1. The first-order valence-electron chi connectivity index (χ1n) is 12.0. The van der Waals surface area contributed by atoms with Crippen molar-refractivity contribution in [1.82, 2.24) is 4.98 Å². The van der Waals surface area contributed by atoms with Gasteiger partial charge in [0.15, 0.2) is 5.78 Å². The number of hydrogen-bond acceptors (Lipinski definition) is 5. The van der Waals surface area contributed by atoms with E-state index in [-0.39, 0.29) is 35.9 Å². The highest BCUT2D eigenvalue weighted by molar-refractivity contribution is 6.01. The van der Waals surface area contributed by atoms with Gasteiger partial charge in [-0.2, -0.15) is 0 Å². The van der Waals surface area contributed by atoms with Gasteiger partial charge in [0, 0.05) is 30.4 Å². The number of aromatic carboxylic acids is 1. The topological polar surface area (TPSA) is 106 Å². The van der Waals surface area contributed by atoms with Crippen LogP contribution in [-0.2, 0) is 11.2 Å². The Bertz CT molecular complexity index is 1500. The Kier molecular flexibility index (Phi) is 6.76. The number of benzene rings is 3. The highest BCUT2D eigenvalue weighted by Gasteiger charge is 2.17. The number of hydrogen-bond donors (Lipinski definition) is 2. The molecule has 0 saturated carbocycles. The second-order valence-corrected chi connectivity index (χ2v) is 8.74. The number of carbonyl (C=O) groups is 3. The van der Waals surface area contributed by atoms with Crippen LogP contribution in [0.4, 0.5) is 5.82 Å². The summed E-state index contributed by atoms with van der Waals surface area (Å²) in [6.45, 7) is 0.614. The van der Waals surface area contributed by atoms with Crippen molar-refractivity contribution >= 4 is 23.5 Å². The summed E-state index contributed by atoms with van der Waals surface area (Å²) in [5.74, 6) is -0.432. The molecule has 0 atom stereocenters. The average Bonchev–Trinajstić information content (AvgIpc) is 3.40. The molecule has 0 bridgehead atoms. The lowest BCUT2D eigenvalue weighted by Gasteiger charge is -2.12. The average molecular weight is 493 g/mol. The van der Waals surface area contributed by atoms with Crippen LogP contribution < -0.4 is 10.1 Å². The van der Waals surface area contributed by atoms with Gasteiger partial charge in [-0.05, 0) is 53.1 Å². The monoisotopic (exact) mass is 492 g/mol. The van der Waals surface area contributed by atoms with Crippen molar-refractivity contribution in [3.8, 4) is 28.1 Å². The van der Waals surface area contributed by atoms with E-state index < -0.39 is 5.97 Å². The number of ketones is 1. The molecule has 0 radical (unpaired) electrons. The van der Waals surface area contributed by atoms with Gasteiger partial charge in [0.2, 0.25) is 5.91 Å². The predicted molar refractivity (Wildman–Crippen MR) is 140 cm³/mol. The summed E-state index contributed by atoms with van der Waals surface area (Å²) in [5.41, 5.74) is 4.25. The molecule has 0 fully saturated rings. The van der Waals surface area contributed by atoms with Crippen LogP contribution in [0.2, 0.25) is 0 Å². The molecule has 0 unspecified atom stereocenters. The molecule has 37 heavy (non-hydrogen) atoms. The second kappa shape index (κ2) is 10.5. The first-order valence-corrected chi connectivity index (χ1v) is 12.0. The Morgan fingerprint density at radius 1 is 0.865 bits per heavy atom. The maximum Gasteiger partial charge on any atom is 0.336 e. The molecule has 1 aliphatic heterocycles. The van der Waals surface area contributed by atoms with Gasteiger partial charge < -0.3 is 15.2 Å². The highest BCUT2D eigenvalue weighted by Crippen LogP contribution is 2.30. The number of amides is 1. The first-order chi connectivity index (χ1) is 18.0. The van der Waals surface area contributed by atoms with Crippen LogP contribution in [0.5, 0.6) is 5.75 Å². The molecule has 5 rings (SSSR count). The fourth-order valence-corrected chi connectivity index (χ4v) is 4.37. The molecule has 0 spiro atoms. The number of Topliss-reactive ketones (excluding diaryl/α,β-unsaturated/α-hetero) is 1. The molecular formula is C30H24N2O5. The number of rotatable bonds is 8. The molecule has 1 aliphatic rings. The molecule has 7 heteroatoms. The number of carboxylic acid groups (broad SMARTS) is 1. The third kappa shape index (κ3) is 5.41. The smallest absolute Gasteiger partial charge is 0.336 e. The third-order valence-corrected chi connectivity index (χ3v) is 6.22. The quantitative estimate of drug-likeness (QED) is 0.308. The van der Waals surface area contributed by atoms with Crippen LogP contribution in [0.25, 0.3) is 22.4 Å². The van der Waals surface area contributed by atoms with Crippen molar-refractivity contribution in [1.29, 1.82) is 0 Å². The van der Waals surface area contributed by atoms with E-state index in [4.69, 9.17) is 4.74 Å². The molecule has 2 N–H and O–H groups in total. The summed E-state index contributed by atoms with van der Waals surface area (Å²) in [6, 6.07) is 24.9. The van der Waals surface area contributed by atoms with E-state index >= 15 is 0 Å². The van der Waals surface area contributed by atoms with Crippen molar-refractivity contribution in [3.63, 3.8) is 0 Å². The minimum atomic E-state index is -1.05. The molecule has 1 aromatic heterocycles. The highest BCUT2D eigenvalue weighted by atomic mass is 16.5. The van der Waals surface area contributed by atoms with Gasteiger partial charge in [0.1, 0.15) is 11.6 Å². The third-order valence-electron chi connectivity index (χ3n) is 6.22. The van der Waals surface area contributed by atoms with Gasteiger partial charge in [0.05, 0.1) is 17.9 Å². The lowest BCUT2D eigenvalue weighted by atomic mass is 9.98. The number of fused-ring (bicyclic) bond motifs is 1. The van der Waals surface area contributed by atoms with Gasteiger partial charge in [-0.1, -0.05) is 48.5 Å². The van der Waals surface area contributed by atoms with E-state index in [1.165, 1.54) is 6.07 Å². The van der Waals surface area contributed by atoms with Crippen molar-refractivity contribution < 1.29 is 24.2 Å². The summed E-state index contributed by atoms with van der Waals surface area (Å²) < 4.78 is 5.49. The normalized spacial score (nSPS) is 11.9. The second-order valence-electron chi connectivity index (χ2n) is 8.74. The molecule has 0 aliphatic carbocycles. The Balaban J connectivity index is 1.37. The van der Waals surface area contributed by atoms with Crippen LogP contribution >= 0.6 is 0 Å². The van der Waals surface area contributed by atoms with E-state index in [0.29, 0.717) is 29.0 Å². The van der Waals surface area contributed by atoms with E-state index in [2.05, 4.69) is 10.3 Å². The van der Waals surface area contributed by atoms with Crippen LogP contribution in [0.15, 0.2) is 84.9 Å². The van der Waals surface area contributed by atoms with Crippen LogP contribution in [0, 0.1) is 0 Å². The molecule has 1 amide bonds. The number of nitrogens with one attached hydrogen (secondary N) is 1. The predicted octanol–water partition coefficient (Wildman–Crippen LogP) is 5.65. The van der Waals surface area contributed by atoms with E-state index in [1.54, 1.807) is 42.5 Å². The van der Waals surface area contributed by atoms with Gasteiger partial charge in [-0.25, -0.2) is 9.78 Å². The van der Waals surface area contributed by atoms with Crippen LogP contribution in [-0.4, -0.2) is 34.4 Å². The molecule has 184 valence electrons. The molecule has 4 aromatic rings. The molecular weight excluding hydrogens is 468 g/mol. The number of carboxylic acids is 1. The Morgan fingerprint density at radius 3 is 2.46 bits per heavy atom. The number of anilines is 1. The summed E-state index contributed by atoms with van der Waals surface area (Å²) in [5, 5.41) is 12.5. The minimum absolute atomic E-state index is 0.00922.